The number of methoxy groups -OCH3 is 2. The Bertz CT molecular complexity index is 2050. The summed E-state index contributed by atoms with van der Waals surface area (Å²) in [6.45, 7) is 8.67. The quantitative estimate of drug-likeness (QED) is 0.115. The number of imidazole rings is 2. The van der Waals surface area contributed by atoms with E-state index in [4.69, 9.17) is 31.0 Å². The highest BCUT2D eigenvalue weighted by atomic mass is 35.5. The highest BCUT2D eigenvalue weighted by molar-refractivity contribution is 7.99. The number of halogens is 1. The van der Waals surface area contributed by atoms with Crippen LogP contribution in [0.25, 0.3) is 33.6 Å². The molecule has 0 aliphatic carbocycles. The van der Waals surface area contributed by atoms with Crippen LogP contribution in [0.1, 0.15) is 70.7 Å². The van der Waals surface area contributed by atoms with Crippen LogP contribution in [0.5, 0.6) is 0 Å². The van der Waals surface area contributed by atoms with Crippen LogP contribution in [0.15, 0.2) is 54.7 Å². The van der Waals surface area contributed by atoms with Crippen molar-refractivity contribution < 1.29 is 28.7 Å². The number of amides is 4. The molecule has 4 N–H and O–H groups in total. The van der Waals surface area contributed by atoms with Crippen LogP contribution < -0.4 is 10.6 Å². The summed E-state index contributed by atoms with van der Waals surface area (Å²) in [5.41, 5.74) is 5.26. The van der Waals surface area contributed by atoms with E-state index in [1.165, 1.54) is 14.2 Å². The number of nitrogens with one attached hydrogen (secondary N) is 4. The van der Waals surface area contributed by atoms with Gasteiger partial charge >= 0.3 is 12.2 Å². The molecule has 2 aromatic carbocycles. The van der Waals surface area contributed by atoms with Crippen molar-refractivity contribution in [1.29, 1.82) is 0 Å². The van der Waals surface area contributed by atoms with Gasteiger partial charge in [-0.05, 0) is 54.0 Å². The second-order valence-corrected chi connectivity index (χ2v) is 16.6. The Morgan fingerprint density at radius 1 is 0.789 bits per heavy atom. The van der Waals surface area contributed by atoms with Gasteiger partial charge in [0.15, 0.2) is 0 Å². The van der Waals surface area contributed by atoms with Crippen LogP contribution in [0.4, 0.5) is 9.59 Å². The average molecular weight is 819 g/mol. The summed E-state index contributed by atoms with van der Waals surface area (Å²) in [5, 5.41) is 6.02. The van der Waals surface area contributed by atoms with Crippen LogP contribution in [-0.4, -0.2) is 105 Å². The lowest BCUT2D eigenvalue weighted by atomic mass is 10.0. The molecule has 4 amide bonds. The monoisotopic (exact) mass is 818 g/mol. The molecule has 2 aromatic heterocycles. The fraction of sp³-hybridized carbons (Fsp3) is 0.463. The van der Waals surface area contributed by atoms with Crippen LogP contribution in [0.2, 0.25) is 5.15 Å². The molecule has 4 aromatic rings. The molecular weight excluding hydrogens is 768 g/mol. The molecular formula is C41H51ClN8O6S. The topological polar surface area (TPSA) is 175 Å². The van der Waals surface area contributed by atoms with Gasteiger partial charge in [0.05, 0.1) is 38.2 Å². The fourth-order valence-electron chi connectivity index (χ4n) is 7.58. The molecule has 0 spiro atoms. The Morgan fingerprint density at radius 3 is 1.88 bits per heavy atom. The van der Waals surface area contributed by atoms with E-state index < -0.39 is 24.3 Å². The molecule has 57 heavy (non-hydrogen) atoms. The first kappa shape index (κ1) is 41.6. The second kappa shape index (κ2) is 18.1. The third-order valence-electron chi connectivity index (χ3n) is 10.8. The van der Waals surface area contributed by atoms with Crippen molar-refractivity contribution in [3.05, 3.63) is 71.5 Å². The summed E-state index contributed by atoms with van der Waals surface area (Å²) in [4.78, 5) is 71.2. The average Bonchev–Trinajstić information content (AvgIpc) is 4.04. The molecule has 5 atom stereocenters. The van der Waals surface area contributed by atoms with E-state index in [-0.39, 0.29) is 41.0 Å². The van der Waals surface area contributed by atoms with Crippen LogP contribution in [0.3, 0.4) is 0 Å². The van der Waals surface area contributed by atoms with Crippen molar-refractivity contribution in [1.82, 2.24) is 40.4 Å². The third kappa shape index (κ3) is 9.09. The van der Waals surface area contributed by atoms with Gasteiger partial charge in [0.2, 0.25) is 11.8 Å². The van der Waals surface area contributed by atoms with E-state index in [1.54, 1.807) is 22.9 Å². The van der Waals surface area contributed by atoms with Crippen LogP contribution in [0, 0.1) is 11.8 Å². The molecule has 6 rings (SSSR count). The van der Waals surface area contributed by atoms with E-state index >= 15 is 0 Å². The summed E-state index contributed by atoms with van der Waals surface area (Å²) < 4.78 is 9.54. The summed E-state index contributed by atoms with van der Waals surface area (Å²) in [7, 11) is 2.57. The first-order valence-electron chi connectivity index (χ1n) is 19.2. The number of benzene rings is 2. The number of nitrogens with zero attached hydrogens (tertiary/aromatic N) is 4. The third-order valence-corrected chi connectivity index (χ3v) is 12.1. The maximum Gasteiger partial charge on any atom is 0.407 e. The predicted octanol–water partition coefficient (Wildman–Crippen LogP) is 7.22. The maximum absolute atomic E-state index is 13.8. The molecule has 4 heterocycles. The van der Waals surface area contributed by atoms with Gasteiger partial charge in [-0.15, -0.1) is 0 Å². The molecule has 16 heteroatoms. The SMILES string of the molecule is COC(=O)N[C@H](C(=O)N1CCCC1c1nc(-c2ccc(-c3ccc(-c4cnc([C@@H]5C[C@H](SC)CN5C(=O)[C@@H](NC(=O)OC)C(C)C)[nH]4)cc3)cc2)c(Cl)[nH]1)C(C)C. The lowest BCUT2D eigenvalue weighted by molar-refractivity contribution is -0.136. The van der Waals surface area contributed by atoms with E-state index in [0.717, 1.165) is 47.2 Å². The van der Waals surface area contributed by atoms with Crippen LogP contribution >= 0.6 is 23.4 Å². The number of H-pyrrole nitrogens is 2. The Morgan fingerprint density at radius 2 is 1.33 bits per heavy atom. The Labute approximate surface area is 342 Å². The van der Waals surface area contributed by atoms with E-state index in [2.05, 4.69) is 32.7 Å². The summed E-state index contributed by atoms with van der Waals surface area (Å²) in [6.07, 6.45) is 4.83. The maximum atomic E-state index is 13.8. The molecule has 2 aliphatic rings. The van der Waals surface area contributed by atoms with Gasteiger partial charge in [-0.3, -0.25) is 9.59 Å². The number of thioether (sulfide) groups is 1. The van der Waals surface area contributed by atoms with E-state index in [9.17, 15) is 19.2 Å². The van der Waals surface area contributed by atoms with E-state index in [0.29, 0.717) is 35.6 Å². The minimum absolute atomic E-state index is 0.127. The first-order valence-corrected chi connectivity index (χ1v) is 20.8. The van der Waals surface area contributed by atoms with Crippen molar-refractivity contribution in [3.8, 4) is 33.6 Å². The van der Waals surface area contributed by atoms with Crippen LogP contribution in [-0.2, 0) is 19.1 Å². The lowest BCUT2D eigenvalue weighted by Crippen LogP contribution is -2.51. The molecule has 2 saturated heterocycles. The number of carbonyl (C=O) groups is 4. The number of hydrogen-bond donors (Lipinski definition) is 4. The van der Waals surface area contributed by atoms with Crippen molar-refractivity contribution in [2.75, 3.05) is 33.6 Å². The molecule has 0 saturated carbocycles. The lowest BCUT2D eigenvalue weighted by Gasteiger charge is -2.30. The number of alkyl carbamates (subject to hydrolysis) is 2. The molecule has 0 bridgehead atoms. The predicted molar refractivity (Wildman–Crippen MR) is 220 cm³/mol. The Kier molecular flexibility index (Phi) is 13.2. The molecule has 2 aliphatic heterocycles. The number of likely N-dealkylation sites (tertiary alicyclic amines) is 2. The highest BCUT2D eigenvalue weighted by Gasteiger charge is 2.42. The summed E-state index contributed by atoms with van der Waals surface area (Å²) in [6, 6.07) is 14.2. The zero-order valence-corrected chi connectivity index (χ0v) is 34.9. The zero-order chi connectivity index (χ0) is 41.0. The second-order valence-electron chi connectivity index (χ2n) is 15.1. The molecule has 14 nitrogen and oxygen atoms in total. The van der Waals surface area contributed by atoms with Gasteiger partial charge < -0.3 is 39.9 Å². The fourth-order valence-corrected chi connectivity index (χ4v) is 8.51. The van der Waals surface area contributed by atoms with Gasteiger partial charge in [0.1, 0.15) is 34.6 Å². The zero-order valence-electron chi connectivity index (χ0n) is 33.3. The van der Waals surface area contributed by atoms with Gasteiger partial charge in [0.25, 0.3) is 0 Å². The number of aromatic nitrogens is 4. The van der Waals surface area contributed by atoms with Crippen molar-refractivity contribution in [3.63, 3.8) is 0 Å². The summed E-state index contributed by atoms with van der Waals surface area (Å²) in [5.74, 6) is 0.715. The largest absolute Gasteiger partial charge is 0.453 e. The van der Waals surface area contributed by atoms with Gasteiger partial charge in [-0.1, -0.05) is 87.8 Å². The summed E-state index contributed by atoms with van der Waals surface area (Å²) >= 11 is 8.42. The molecule has 1 unspecified atom stereocenters. The van der Waals surface area contributed by atoms with Gasteiger partial charge in [-0.2, -0.15) is 11.8 Å². The highest BCUT2D eigenvalue weighted by Crippen LogP contribution is 2.38. The number of aromatic amines is 2. The minimum Gasteiger partial charge on any atom is -0.453 e. The standard InChI is InChI=1S/C41H51ClN8O6S/c1-22(2)32(46-40(53)55-5)38(51)49-18-8-9-30(49)37-45-34(35(42)48-37)27-16-12-25(13-17-27)24-10-14-26(15-11-24)29-20-43-36(44-29)31-19-28(57-7)21-50(31)39(52)33(23(3)4)47-41(54)56-6/h10-17,20,22-23,28,30-33H,8-9,18-19,21H2,1-7H3,(H,43,44)(H,45,48)(H,46,53)(H,47,54)/t28-,30?,31-,32-,33-/m0/s1. The number of rotatable bonds is 12. The van der Waals surface area contributed by atoms with E-state index in [1.807, 2.05) is 75.2 Å². The van der Waals surface area contributed by atoms with Gasteiger partial charge in [-0.25, -0.2) is 19.6 Å². The molecule has 2 fully saturated rings. The van der Waals surface area contributed by atoms with Crippen molar-refractivity contribution in [2.24, 2.45) is 11.8 Å². The van der Waals surface area contributed by atoms with Gasteiger partial charge in [0, 0.05) is 23.9 Å². The number of hydrogen-bond acceptors (Lipinski definition) is 9. The number of carbonyl (C=O) groups excluding carboxylic acids is 4. The van der Waals surface area contributed by atoms with Crippen molar-refractivity contribution >= 4 is 47.4 Å². The molecule has 0 radical (unpaired) electrons. The van der Waals surface area contributed by atoms with Crippen molar-refractivity contribution in [2.45, 2.75) is 76.4 Å². The Balaban J connectivity index is 1.14. The Hall–Kier alpha value is -5.02. The normalized spacial score (nSPS) is 19.2. The minimum atomic E-state index is -0.726. The smallest absolute Gasteiger partial charge is 0.407 e. The first-order chi connectivity index (χ1) is 27.3. The number of ether oxygens (including phenoxy) is 2. The molecule has 304 valence electrons.